The third-order valence-corrected chi connectivity index (χ3v) is 2.57. The van der Waals surface area contributed by atoms with Gasteiger partial charge in [0.25, 0.3) is 0 Å². The highest BCUT2D eigenvalue weighted by atomic mass is 79.9. The number of hydrogen-bond acceptors (Lipinski definition) is 2. The van der Waals surface area contributed by atoms with Gasteiger partial charge in [-0.1, -0.05) is 41.9 Å². The standard InChI is InChI=1S/C12H17BrO2/c1-12(2,8-14)9-15-7-10-4-3-5-11(13)6-10/h3-6,14H,7-9H2,1-2H3. The molecule has 0 saturated carbocycles. The van der Waals surface area contributed by atoms with Gasteiger partial charge in [0.05, 0.1) is 19.8 Å². The summed E-state index contributed by atoms with van der Waals surface area (Å²) in [7, 11) is 0. The molecule has 0 unspecified atom stereocenters. The van der Waals surface area contributed by atoms with Gasteiger partial charge in [-0.15, -0.1) is 0 Å². The first-order chi connectivity index (χ1) is 7.03. The zero-order valence-corrected chi connectivity index (χ0v) is 10.8. The average Bonchev–Trinajstić information content (AvgIpc) is 2.18. The highest BCUT2D eigenvalue weighted by Crippen LogP contribution is 2.16. The summed E-state index contributed by atoms with van der Waals surface area (Å²) in [5, 5.41) is 9.05. The van der Waals surface area contributed by atoms with Gasteiger partial charge >= 0.3 is 0 Å². The van der Waals surface area contributed by atoms with E-state index in [4.69, 9.17) is 9.84 Å². The van der Waals surface area contributed by atoms with Gasteiger partial charge in [0, 0.05) is 9.89 Å². The van der Waals surface area contributed by atoms with Crippen LogP contribution in [0, 0.1) is 5.41 Å². The fourth-order valence-corrected chi connectivity index (χ4v) is 1.56. The Hall–Kier alpha value is -0.380. The number of ether oxygens (including phenoxy) is 1. The molecule has 0 aliphatic heterocycles. The maximum absolute atomic E-state index is 9.05. The molecule has 84 valence electrons. The first kappa shape index (κ1) is 12.7. The Bertz CT molecular complexity index is 310. The van der Waals surface area contributed by atoms with Crippen LogP contribution in [0.2, 0.25) is 0 Å². The molecule has 1 N–H and O–H groups in total. The van der Waals surface area contributed by atoms with Crippen LogP contribution in [0.4, 0.5) is 0 Å². The van der Waals surface area contributed by atoms with Crippen LogP contribution in [0.15, 0.2) is 28.7 Å². The first-order valence-corrected chi connectivity index (χ1v) is 5.76. The van der Waals surface area contributed by atoms with Crippen LogP contribution in [0.3, 0.4) is 0 Å². The van der Waals surface area contributed by atoms with Crippen LogP contribution < -0.4 is 0 Å². The minimum atomic E-state index is -0.161. The van der Waals surface area contributed by atoms with Crippen molar-refractivity contribution in [1.29, 1.82) is 0 Å². The fraction of sp³-hybridized carbons (Fsp3) is 0.500. The number of aliphatic hydroxyl groups is 1. The van der Waals surface area contributed by atoms with E-state index in [9.17, 15) is 0 Å². The van der Waals surface area contributed by atoms with E-state index in [1.165, 1.54) is 0 Å². The Morgan fingerprint density at radius 1 is 1.40 bits per heavy atom. The molecular formula is C12H17BrO2. The second kappa shape index (κ2) is 5.64. The largest absolute Gasteiger partial charge is 0.396 e. The van der Waals surface area contributed by atoms with Gasteiger partial charge in [0.15, 0.2) is 0 Å². The number of halogens is 1. The topological polar surface area (TPSA) is 29.5 Å². The summed E-state index contributed by atoms with van der Waals surface area (Å²) < 4.78 is 6.61. The second-order valence-electron chi connectivity index (χ2n) is 4.45. The van der Waals surface area contributed by atoms with Crippen molar-refractivity contribution in [3.63, 3.8) is 0 Å². The Balaban J connectivity index is 2.38. The quantitative estimate of drug-likeness (QED) is 0.893. The number of benzene rings is 1. The van der Waals surface area contributed by atoms with E-state index in [0.29, 0.717) is 13.2 Å². The van der Waals surface area contributed by atoms with Crippen LogP contribution in [-0.2, 0) is 11.3 Å². The molecule has 1 rings (SSSR count). The molecule has 0 heterocycles. The van der Waals surface area contributed by atoms with Crippen molar-refractivity contribution in [3.05, 3.63) is 34.3 Å². The normalized spacial score (nSPS) is 11.7. The van der Waals surface area contributed by atoms with Gasteiger partial charge in [-0.2, -0.15) is 0 Å². The molecule has 2 nitrogen and oxygen atoms in total. The van der Waals surface area contributed by atoms with Crippen molar-refractivity contribution < 1.29 is 9.84 Å². The number of aliphatic hydroxyl groups excluding tert-OH is 1. The molecule has 0 aliphatic carbocycles. The van der Waals surface area contributed by atoms with Crippen molar-refractivity contribution in [2.45, 2.75) is 20.5 Å². The Labute approximate surface area is 99.4 Å². The lowest BCUT2D eigenvalue weighted by molar-refractivity contribution is 0.0197. The van der Waals surface area contributed by atoms with E-state index in [0.717, 1.165) is 10.0 Å². The molecule has 0 atom stereocenters. The summed E-state index contributed by atoms with van der Waals surface area (Å²) in [6.45, 7) is 5.26. The predicted molar refractivity (Wildman–Crippen MR) is 64.7 cm³/mol. The molecule has 0 fully saturated rings. The van der Waals surface area contributed by atoms with E-state index >= 15 is 0 Å². The van der Waals surface area contributed by atoms with Crippen molar-refractivity contribution in [1.82, 2.24) is 0 Å². The lowest BCUT2D eigenvalue weighted by Gasteiger charge is -2.21. The van der Waals surface area contributed by atoms with Gasteiger partial charge in [0.1, 0.15) is 0 Å². The highest BCUT2D eigenvalue weighted by molar-refractivity contribution is 9.10. The molecule has 15 heavy (non-hydrogen) atoms. The van der Waals surface area contributed by atoms with Gasteiger partial charge in [-0.05, 0) is 17.7 Å². The van der Waals surface area contributed by atoms with Gasteiger partial charge in [0.2, 0.25) is 0 Å². The predicted octanol–water partition coefficient (Wildman–Crippen LogP) is 2.98. The van der Waals surface area contributed by atoms with E-state index in [2.05, 4.69) is 15.9 Å². The zero-order chi connectivity index (χ0) is 11.3. The van der Waals surface area contributed by atoms with Crippen molar-refractivity contribution in [2.75, 3.05) is 13.2 Å². The van der Waals surface area contributed by atoms with Crippen LogP contribution in [0.5, 0.6) is 0 Å². The third-order valence-electron chi connectivity index (χ3n) is 2.08. The van der Waals surface area contributed by atoms with E-state index in [-0.39, 0.29) is 12.0 Å². The summed E-state index contributed by atoms with van der Waals surface area (Å²) in [5.74, 6) is 0. The Morgan fingerprint density at radius 3 is 2.73 bits per heavy atom. The monoisotopic (exact) mass is 272 g/mol. The summed E-state index contributed by atoms with van der Waals surface area (Å²) >= 11 is 3.41. The van der Waals surface area contributed by atoms with Crippen molar-refractivity contribution in [2.24, 2.45) is 5.41 Å². The molecule has 0 spiro atoms. The van der Waals surface area contributed by atoms with Gasteiger partial charge in [-0.25, -0.2) is 0 Å². The lowest BCUT2D eigenvalue weighted by Crippen LogP contribution is -2.23. The summed E-state index contributed by atoms with van der Waals surface area (Å²) in [6.07, 6.45) is 0. The van der Waals surface area contributed by atoms with E-state index < -0.39 is 0 Å². The average molecular weight is 273 g/mol. The third kappa shape index (κ3) is 4.78. The molecule has 0 radical (unpaired) electrons. The Morgan fingerprint density at radius 2 is 2.13 bits per heavy atom. The lowest BCUT2D eigenvalue weighted by atomic mass is 9.97. The molecule has 0 amide bonds. The van der Waals surface area contributed by atoms with Crippen LogP contribution in [0.1, 0.15) is 19.4 Å². The molecule has 0 saturated heterocycles. The smallest absolute Gasteiger partial charge is 0.0717 e. The number of hydrogen-bond donors (Lipinski definition) is 1. The molecule has 1 aromatic carbocycles. The molecule has 3 heteroatoms. The molecule has 1 aromatic rings. The van der Waals surface area contributed by atoms with Crippen molar-refractivity contribution in [3.8, 4) is 0 Å². The minimum Gasteiger partial charge on any atom is -0.396 e. The summed E-state index contributed by atoms with van der Waals surface area (Å²) in [4.78, 5) is 0. The minimum absolute atomic E-state index is 0.144. The maximum Gasteiger partial charge on any atom is 0.0717 e. The van der Waals surface area contributed by atoms with Gasteiger partial charge < -0.3 is 9.84 Å². The van der Waals surface area contributed by atoms with Crippen molar-refractivity contribution >= 4 is 15.9 Å². The first-order valence-electron chi connectivity index (χ1n) is 4.96. The summed E-state index contributed by atoms with van der Waals surface area (Å²) in [5.41, 5.74) is 0.976. The molecule has 0 aliphatic rings. The van der Waals surface area contributed by atoms with E-state index in [1.807, 2.05) is 38.1 Å². The SMILES string of the molecule is CC(C)(CO)COCc1cccc(Br)c1. The zero-order valence-electron chi connectivity index (χ0n) is 9.16. The fourth-order valence-electron chi connectivity index (χ4n) is 1.12. The molecular weight excluding hydrogens is 256 g/mol. The Kier molecular flexibility index (Phi) is 4.77. The maximum atomic E-state index is 9.05. The summed E-state index contributed by atoms with van der Waals surface area (Å²) in [6, 6.07) is 8.03. The van der Waals surface area contributed by atoms with Gasteiger partial charge in [-0.3, -0.25) is 0 Å². The van der Waals surface area contributed by atoms with Crippen LogP contribution >= 0.6 is 15.9 Å². The van der Waals surface area contributed by atoms with Crippen LogP contribution in [-0.4, -0.2) is 18.3 Å². The van der Waals surface area contributed by atoms with Crippen LogP contribution in [0.25, 0.3) is 0 Å². The highest BCUT2D eigenvalue weighted by Gasteiger charge is 2.16. The molecule has 0 bridgehead atoms. The number of rotatable bonds is 5. The second-order valence-corrected chi connectivity index (χ2v) is 5.36. The molecule has 0 aromatic heterocycles. The van der Waals surface area contributed by atoms with E-state index in [1.54, 1.807) is 0 Å².